The van der Waals surface area contributed by atoms with Crippen molar-refractivity contribution in [2.24, 2.45) is 7.05 Å². The number of aryl methyl sites for hydroxylation is 1. The molecule has 2 aromatic rings. The minimum Gasteiger partial charge on any atom is -0.335 e. The zero-order chi connectivity index (χ0) is 18.1. The van der Waals surface area contributed by atoms with Crippen LogP contribution in [-0.4, -0.2) is 33.2 Å². The summed E-state index contributed by atoms with van der Waals surface area (Å²) >= 11 is 6.17. The molecule has 2 heterocycles. The molecule has 0 bridgehead atoms. The summed E-state index contributed by atoms with van der Waals surface area (Å²) in [5.74, 6) is -1.78. The summed E-state index contributed by atoms with van der Waals surface area (Å²) in [4.78, 5) is 14.2. The van der Waals surface area contributed by atoms with Crippen LogP contribution in [0.4, 0.5) is 13.2 Å². The second-order valence-electron chi connectivity index (χ2n) is 6.07. The fourth-order valence-corrected chi connectivity index (χ4v) is 3.46. The average molecular weight is 372 g/mol. The van der Waals surface area contributed by atoms with Gasteiger partial charge in [0.15, 0.2) is 0 Å². The summed E-state index contributed by atoms with van der Waals surface area (Å²) in [5, 5.41) is 4.03. The maximum absolute atomic E-state index is 14.2. The first-order valence-electron chi connectivity index (χ1n) is 7.95. The van der Waals surface area contributed by atoms with E-state index in [2.05, 4.69) is 5.10 Å². The molecule has 0 aliphatic carbocycles. The number of halogens is 4. The molecule has 1 atom stereocenters. The van der Waals surface area contributed by atoms with Gasteiger partial charge in [0.2, 0.25) is 5.95 Å². The zero-order valence-electron chi connectivity index (χ0n) is 13.6. The number of likely N-dealkylation sites (tertiary alicyclic amines) is 1. The normalized spacial score (nSPS) is 17.5. The van der Waals surface area contributed by atoms with Crippen molar-refractivity contribution < 1.29 is 18.0 Å². The first kappa shape index (κ1) is 17.8. The summed E-state index contributed by atoms with van der Waals surface area (Å²) < 4.78 is 41.1. The number of carbonyl (C=O) groups excluding carboxylic acids is 1. The minimum absolute atomic E-state index is 0.211. The molecule has 0 spiro atoms. The van der Waals surface area contributed by atoms with Crippen LogP contribution in [-0.2, 0) is 13.5 Å². The predicted molar refractivity (Wildman–Crippen MR) is 87.3 cm³/mol. The van der Waals surface area contributed by atoms with Gasteiger partial charge in [0, 0.05) is 24.7 Å². The maximum atomic E-state index is 14.2. The highest BCUT2D eigenvalue weighted by Gasteiger charge is 2.36. The Kier molecular flexibility index (Phi) is 5.03. The lowest BCUT2D eigenvalue weighted by Gasteiger charge is -2.25. The predicted octanol–water partition coefficient (Wildman–Crippen LogP) is 4.00. The zero-order valence-corrected chi connectivity index (χ0v) is 14.3. The van der Waals surface area contributed by atoms with E-state index in [0.29, 0.717) is 29.1 Å². The summed E-state index contributed by atoms with van der Waals surface area (Å²) in [6.07, 6.45) is -1.08. The molecule has 1 aromatic heterocycles. The smallest absolute Gasteiger partial charge is 0.283 e. The molecule has 134 valence electrons. The molecule has 1 fully saturated rings. The Bertz CT molecular complexity index is 793. The lowest BCUT2D eigenvalue weighted by molar-refractivity contribution is 0.0718. The van der Waals surface area contributed by atoms with Gasteiger partial charge < -0.3 is 4.90 Å². The second kappa shape index (κ2) is 7.07. The molecule has 0 saturated carbocycles. The third-order valence-electron chi connectivity index (χ3n) is 4.48. The standard InChI is InChI=1S/C17H17ClF3N3O/c1-23-16(21)13(14(22-23)15(19)20)17(25)24-8-4-6-11(24)9-10-5-2-3-7-12(10)18/h2-3,5,7,11,15H,4,6,8-9H2,1H3. The van der Waals surface area contributed by atoms with Crippen molar-refractivity contribution in [1.29, 1.82) is 0 Å². The van der Waals surface area contributed by atoms with Crippen molar-refractivity contribution in [3.63, 3.8) is 0 Å². The number of rotatable bonds is 4. The van der Waals surface area contributed by atoms with Crippen molar-refractivity contribution in [1.82, 2.24) is 14.7 Å². The van der Waals surface area contributed by atoms with Crippen molar-refractivity contribution in [3.05, 3.63) is 52.1 Å². The molecular formula is C17H17ClF3N3O. The molecule has 1 aliphatic heterocycles. The van der Waals surface area contributed by atoms with Crippen LogP contribution in [0.5, 0.6) is 0 Å². The molecule has 1 aromatic carbocycles. The highest BCUT2D eigenvalue weighted by atomic mass is 35.5. The Balaban J connectivity index is 1.88. The summed E-state index contributed by atoms with van der Waals surface area (Å²) in [6.45, 7) is 0.394. The van der Waals surface area contributed by atoms with Crippen LogP contribution in [0, 0.1) is 5.95 Å². The first-order chi connectivity index (χ1) is 11.9. The van der Waals surface area contributed by atoms with Gasteiger partial charge in [0.05, 0.1) is 0 Å². The Morgan fingerprint density at radius 3 is 2.80 bits per heavy atom. The van der Waals surface area contributed by atoms with E-state index in [1.807, 2.05) is 18.2 Å². The minimum atomic E-state index is -3.01. The molecule has 8 heteroatoms. The van der Waals surface area contributed by atoms with Gasteiger partial charge in [-0.15, -0.1) is 0 Å². The van der Waals surface area contributed by atoms with Gasteiger partial charge in [-0.2, -0.15) is 9.49 Å². The van der Waals surface area contributed by atoms with Crippen molar-refractivity contribution in [2.45, 2.75) is 31.7 Å². The van der Waals surface area contributed by atoms with Gasteiger partial charge in [-0.3, -0.25) is 4.79 Å². The van der Waals surface area contributed by atoms with Crippen LogP contribution >= 0.6 is 11.6 Å². The SMILES string of the molecule is Cn1nc(C(F)F)c(C(=O)N2CCCC2Cc2ccccc2Cl)c1F. The first-order valence-corrected chi connectivity index (χ1v) is 8.33. The van der Waals surface area contributed by atoms with E-state index in [1.54, 1.807) is 6.07 Å². The third kappa shape index (κ3) is 3.38. The van der Waals surface area contributed by atoms with Gasteiger partial charge >= 0.3 is 0 Å². The molecule has 3 rings (SSSR count). The van der Waals surface area contributed by atoms with E-state index in [0.717, 1.165) is 12.0 Å². The molecule has 1 amide bonds. The van der Waals surface area contributed by atoms with Crippen LogP contribution in [0.15, 0.2) is 24.3 Å². The number of alkyl halides is 2. The summed E-state index contributed by atoms with van der Waals surface area (Å²) in [5.41, 5.74) is -0.577. The van der Waals surface area contributed by atoms with Crippen molar-refractivity contribution >= 4 is 17.5 Å². The molecule has 0 radical (unpaired) electrons. The number of hydrogen-bond acceptors (Lipinski definition) is 2. The fourth-order valence-electron chi connectivity index (χ4n) is 3.25. The Hall–Kier alpha value is -2.02. The van der Waals surface area contributed by atoms with Crippen LogP contribution in [0.1, 0.15) is 40.9 Å². The van der Waals surface area contributed by atoms with Crippen LogP contribution in [0.2, 0.25) is 5.02 Å². The molecule has 1 aliphatic rings. The molecule has 1 unspecified atom stereocenters. The number of hydrogen-bond donors (Lipinski definition) is 0. The molecule has 25 heavy (non-hydrogen) atoms. The highest BCUT2D eigenvalue weighted by molar-refractivity contribution is 6.31. The maximum Gasteiger partial charge on any atom is 0.283 e. The number of aromatic nitrogens is 2. The Morgan fingerprint density at radius 1 is 1.40 bits per heavy atom. The lowest BCUT2D eigenvalue weighted by Crippen LogP contribution is -2.37. The highest BCUT2D eigenvalue weighted by Crippen LogP contribution is 2.30. The second-order valence-corrected chi connectivity index (χ2v) is 6.47. The Morgan fingerprint density at radius 2 is 2.12 bits per heavy atom. The van der Waals surface area contributed by atoms with E-state index in [1.165, 1.54) is 11.9 Å². The lowest BCUT2D eigenvalue weighted by atomic mass is 10.0. The van der Waals surface area contributed by atoms with Crippen LogP contribution in [0.25, 0.3) is 0 Å². The number of nitrogens with zero attached hydrogens (tertiary/aromatic N) is 3. The molecular weight excluding hydrogens is 355 g/mol. The molecule has 0 N–H and O–H groups in total. The van der Waals surface area contributed by atoms with Crippen molar-refractivity contribution in [2.75, 3.05) is 6.54 Å². The topological polar surface area (TPSA) is 38.1 Å². The largest absolute Gasteiger partial charge is 0.335 e. The van der Waals surface area contributed by atoms with Gasteiger partial charge in [0.25, 0.3) is 12.3 Å². The quantitative estimate of drug-likeness (QED) is 0.814. The van der Waals surface area contributed by atoms with Crippen molar-refractivity contribution in [3.8, 4) is 0 Å². The summed E-state index contributed by atoms with van der Waals surface area (Å²) in [7, 11) is 1.20. The van der Waals surface area contributed by atoms with E-state index in [4.69, 9.17) is 11.6 Å². The monoisotopic (exact) mass is 371 g/mol. The van der Waals surface area contributed by atoms with Crippen LogP contribution < -0.4 is 0 Å². The number of amides is 1. The summed E-state index contributed by atoms with van der Waals surface area (Å²) in [6, 6.07) is 7.06. The number of benzene rings is 1. The van der Waals surface area contributed by atoms with Gasteiger partial charge in [-0.25, -0.2) is 13.5 Å². The number of carbonyl (C=O) groups is 1. The van der Waals surface area contributed by atoms with E-state index in [-0.39, 0.29) is 6.04 Å². The van der Waals surface area contributed by atoms with E-state index < -0.39 is 29.5 Å². The molecule has 1 saturated heterocycles. The van der Waals surface area contributed by atoms with Gasteiger partial charge in [-0.1, -0.05) is 29.8 Å². The molecule has 4 nitrogen and oxygen atoms in total. The Labute approximate surface area is 148 Å². The van der Waals surface area contributed by atoms with Gasteiger partial charge in [-0.05, 0) is 30.9 Å². The van der Waals surface area contributed by atoms with E-state index in [9.17, 15) is 18.0 Å². The fraction of sp³-hybridized carbons (Fsp3) is 0.412. The van der Waals surface area contributed by atoms with E-state index >= 15 is 0 Å². The average Bonchev–Trinajstić information content (AvgIpc) is 3.14. The van der Waals surface area contributed by atoms with Crippen LogP contribution in [0.3, 0.4) is 0 Å². The third-order valence-corrected chi connectivity index (χ3v) is 4.84. The van der Waals surface area contributed by atoms with Gasteiger partial charge in [0.1, 0.15) is 11.3 Å².